The molecule has 0 saturated carbocycles. The van der Waals surface area contributed by atoms with Crippen LogP contribution in [0.2, 0.25) is 0 Å². The number of rotatable bonds is 19. The maximum absolute atomic E-state index is 12.1. The summed E-state index contributed by atoms with van der Waals surface area (Å²) >= 11 is 0. The molecule has 1 aromatic rings. The molecule has 0 bridgehead atoms. The van der Waals surface area contributed by atoms with Gasteiger partial charge in [0, 0.05) is 19.6 Å². The number of unbranched alkanes of at least 4 members (excludes halogenated alkanes) is 2. The van der Waals surface area contributed by atoms with Gasteiger partial charge < -0.3 is 28.4 Å². The molecular formula is C24H36O9. The smallest absolute Gasteiger partial charge is 0.342 e. The van der Waals surface area contributed by atoms with Crippen molar-refractivity contribution in [2.45, 2.75) is 39.0 Å². The van der Waals surface area contributed by atoms with Crippen LogP contribution in [-0.4, -0.2) is 78.2 Å². The molecule has 0 N–H and O–H groups in total. The maximum Gasteiger partial charge on any atom is 0.342 e. The second-order valence-corrected chi connectivity index (χ2v) is 7.14. The number of carbonyl (C=O) groups is 3. The van der Waals surface area contributed by atoms with E-state index in [4.69, 9.17) is 23.7 Å². The number of methoxy groups -OCH3 is 2. The van der Waals surface area contributed by atoms with Crippen LogP contribution in [0.5, 0.6) is 5.75 Å². The van der Waals surface area contributed by atoms with E-state index in [0.29, 0.717) is 45.9 Å². The SMILES string of the molecule is CCCCOCCOCCOCCCCC(=O)COc1cccc(C(=O)OC)c1C(=O)OC. The molecule has 186 valence electrons. The fourth-order valence-corrected chi connectivity index (χ4v) is 2.79. The van der Waals surface area contributed by atoms with Crippen LogP contribution in [0.3, 0.4) is 0 Å². The predicted octanol–water partition coefficient (Wildman–Crippen LogP) is 3.23. The fourth-order valence-electron chi connectivity index (χ4n) is 2.79. The van der Waals surface area contributed by atoms with Gasteiger partial charge in [0.2, 0.25) is 0 Å². The normalized spacial score (nSPS) is 10.6. The van der Waals surface area contributed by atoms with Crippen LogP contribution in [0.15, 0.2) is 18.2 Å². The van der Waals surface area contributed by atoms with E-state index in [9.17, 15) is 14.4 Å². The molecule has 9 heteroatoms. The molecular weight excluding hydrogens is 432 g/mol. The van der Waals surface area contributed by atoms with Crippen molar-refractivity contribution in [3.8, 4) is 5.75 Å². The van der Waals surface area contributed by atoms with E-state index in [1.807, 2.05) is 0 Å². The second-order valence-electron chi connectivity index (χ2n) is 7.14. The topological polar surface area (TPSA) is 107 Å². The minimum atomic E-state index is -0.747. The molecule has 0 saturated heterocycles. The average molecular weight is 469 g/mol. The summed E-state index contributed by atoms with van der Waals surface area (Å²) in [6, 6.07) is 4.47. The zero-order valence-corrected chi connectivity index (χ0v) is 19.9. The molecule has 0 heterocycles. The number of ketones is 1. The Kier molecular flexibility index (Phi) is 15.6. The zero-order chi connectivity index (χ0) is 24.3. The van der Waals surface area contributed by atoms with Gasteiger partial charge in [-0.25, -0.2) is 9.59 Å². The Hall–Kier alpha value is -2.49. The standard InChI is InChI=1S/C24H36O9/c1-4-5-12-30-14-16-32-17-15-31-13-7-6-9-19(25)18-33-21-11-8-10-20(23(26)28-2)22(21)24(27)29-3/h8,10-11H,4-7,9,12-18H2,1-3H3. The molecule has 1 aromatic carbocycles. The van der Waals surface area contributed by atoms with Gasteiger partial charge >= 0.3 is 11.9 Å². The minimum absolute atomic E-state index is 0.0134. The molecule has 1 rings (SSSR count). The first-order valence-corrected chi connectivity index (χ1v) is 11.2. The van der Waals surface area contributed by atoms with Gasteiger partial charge in [0.25, 0.3) is 0 Å². The maximum atomic E-state index is 12.1. The lowest BCUT2D eigenvalue weighted by atomic mass is 10.1. The molecule has 0 aliphatic rings. The monoisotopic (exact) mass is 468 g/mol. The van der Waals surface area contributed by atoms with Crippen LogP contribution in [0.25, 0.3) is 0 Å². The van der Waals surface area contributed by atoms with Gasteiger partial charge in [-0.15, -0.1) is 0 Å². The number of hydrogen-bond donors (Lipinski definition) is 0. The number of ether oxygens (including phenoxy) is 6. The van der Waals surface area contributed by atoms with E-state index in [1.165, 1.54) is 26.4 Å². The Morgan fingerprint density at radius 2 is 1.36 bits per heavy atom. The molecule has 33 heavy (non-hydrogen) atoms. The van der Waals surface area contributed by atoms with E-state index in [1.54, 1.807) is 6.07 Å². The summed E-state index contributed by atoms with van der Waals surface area (Å²) in [6.07, 6.45) is 3.89. The Morgan fingerprint density at radius 1 is 0.758 bits per heavy atom. The summed E-state index contributed by atoms with van der Waals surface area (Å²) in [7, 11) is 2.41. The van der Waals surface area contributed by atoms with E-state index in [2.05, 4.69) is 11.7 Å². The van der Waals surface area contributed by atoms with Gasteiger partial charge in [-0.2, -0.15) is 0 Å². The van der Waals surface area contributed by atoms with Crippen LogP contribution in [-0.2, 0) is 28.5 Å². The zero-order valence-electron chi connectivity index (χ0n) is 19.9. The molecule has 0 aliphatic carbocycles. The average Bonchev–Trinajstić information content (AvgIpc) is 2.84. The Balaban J connectivity index is 2.23. The first kappa shape index (κ1) is 28.5. The van der Waals surface area contributed by atoms with Crippen molar-refractivity contribution >= 4 is 17.7 Å². The first-order chi connectivity index (χ1) is 16.0. The van der Waals surface area contributed by atoms with E-state index >= 15 is 0 Å². The van der Waals surface area contributed by atoms with Crippen molar-refractivity contribution in [3.05, 3.63) is 29.3 Å². The van der Waals surface area contributed by atoms with Gasteiger partial charge in [-0.05, 0) is 31.4 Å². The third kappa shape index (κ3) is 11.8. The molecule has 0 fully saturated rings. The summed E-state index contributed by atoms with van der Waals surface area (Å²) < 4.78 is 31.2. The van der Waals surface area contributed by atoms with Crippen LogP contribution >= 0.6 is 0 Å². The Morgan fingerprint density at radius 3 is 1.97 bits per heavy atom. The van der Waals surface area contributed by atoms with Crippen LogP contribution in [0.4, 0.5) is 0 Å². The Bertz CT molecular complexity index is 718. The van der Waals surface area contributed by atoms with Crippen molar-refractivity contribution < 1.29 is 42.8 Å². The van der Waals surface area contributed by atoms with Crippen molar-refractivity contribution in [1.82, 2.24) is 0 Å². The van der Waals surface area contributed by atoms with Gasteiger partial charge in [-0.1, -0.05) is 19.4 Å². The van der Waals surface area contributed by atoms with E-state index in [-0.39, 0.29) is 29.3 Å². The van der Waals surface area contributed by atoms with Crippen LogP contribution < -0.4 is 4.74 Å². The largest absolute Gasteiger partial charge is 0.485 e. The molecule has 0 aliphatic heterocycles. The number of hydrogen-bond acceptors (Lipinski definition) is 9. The molecule has 0 unspecified atom stereocenters. The van der Waals surface area contributed by atoms with Crippen LogP contribution in [0.1, 0.15) is 59.7 Å². The summed E-state index contributed by atoms with van der Waals surface area (Å²) in [4.78, 5) is 36.2. The van der Waals surface area contributed by atoms with Crippen LogP contribution in [0, 0.1) is 0 Å². The second kappa shape index (κ2) is 18.0. The third-order valence-electron chi connectivity index (χ3n) is 4.59. The summed E-state index contributed by atoms with van der Waals surface area (Å²) in [5.41, 5.74) is -0.0535. The summed E-state index contributed by atoms with van der Waals surface area (Å²) in [6.45, 7) is 5.38. The number of esters is 2. The first-order valence-electron chi connectivity index (χ1n) is 11.2. The summed E-state index contributed by atoms with van der Waals surface area (Å²) in [5, 5.41) is 0. The molecule has 9 nitrogen and oxygen atoms in total. The van der Waals surface area contributed by atoms with Crippen molar-refractivity contribution in [2.24, 2.45) is 0 Å². The van der Waals surface area contributed by atoms with Gasteiger partial charge in [0.15, 0.2) is 5.78 Å². The highest BCUT2D eigenvalue weighted by Crippen LogP contribution is 2.24. The fraction of sp³-hybridized carbons (Fsp3) is 0.625. The lowest BCUT2D eigenvalue weighted by Crippen LogP contribution is -2.17. The van der Waals surface area contributed by atoms with Crippen molar-refractivity contribution in [3.63, 3.8) is 0 Å². The van der Waals surface area contributed by atoms with Crippen molar-refractivity contribution in [2.75, 3.05) is 60.5 Å². The number of Topliss-reactive ketones (excluding diaryl/α,β-unsaturated/α-hetero) is 1. The highest BCUT2D eigenvalue weighted by molar-refractivity contribution is 6.05. The lowest BCUT2D eigenvalue weighted by Gasteiger charge is -2.12. The highest BCUT2D eigenvalue weighted by Gasteiger charge is 2.23. The summed E-state index contributed by atoms with van der Waals surface area (Å²) in [5.74, 6) is -1.47. The van der Waals surface area contributed by atoms with Gasteiger partial charge in [0.05, 0.1) is 46.2 Å². The van der Waals surface area contributed by atoms with Gasteiger partial charge in [0.1, 0.15) is 17.9 Å². The lowest BCUT2D eigenvalue weighted by molar-refractivity contribution is -0.121. The molecule has 0 atom stereocenters. The van der Waals surface area contributed by atoms with E-state index < -0.39 is 11.9 Å². The molecule has 0 spiro atoms. The van der Waals surface area contributed by atoms with Gasteiger partial charge in [-0.3, -0.25) is 4.79 Å². The van der Waals surface area contributed by atoms with E-state index in [0.717, 1.165) is 25.9 Å². The number of benzene rings is 1. The predicted molar refractivity (Wildman–Crippen MR) is 121 cm³/mol. The van der Waals surface area contributed by atoms with Crippen molar-refractivity contribution in [1.29, 1.82) is 0 Å². The Labute approximate surface area is 195 Å². The third-order valence-corrected chi connectivity index (χ3v) is 4.59. The molecule has 0 aromatic heterocycles. The quantitative estimate of drug-likeness (QED) is 0.223. The minimum Gasteiger partial charge on any atom is -0.485 e. The number of carbonyl (C=O) groups excluding carboxylic acids is 3. The molecule has 0 radical (unpaired) electrons. The molecule has 0 amide bonds. The highest BCUT2D eigenvalue weighted by atomic mass is 16.5.